The number of hydrogen-bond acceptors (Lipinski definition) is 4. The minimum atomic E-state index is -0.184. The average molecular weight is 344 g/mol. The number of H-pyrrole nitrogens is 1. The molecule has 6 heteroatoms. The topological polar surface area (TPSA) is 67.0 Å². The van der Waals surface area contributed by atoms with Gasteiger partial charge in [0.15, 0.2) is 0 Å². The van der Waals surface area contributed by atoms with Crippen molar-refractivity contribution in [3.8, 4) is 5.75 Å². The Balaban J connectivity index is 1.86. The molecule has 5 nitrogen and oxygen atoms in total. The summed E-state index contributed by atoms with van der Waals surface area (Å²) in [5.74, 6) is 1.22. The summed E-state index contributed by atoms with van der Waals surface area (Å²) in [6, 6.07) is 12.6. The molecule has 0 spiro atoms. The van der Waals surface area contributed by atoms with Crippen LogP contribution in [0.2, 0.25) is 5.02 Å². The van der Waals surface area contributed by atoms with Gasteiger partial charge in [-0.1, -0.05) is 23.7 Å². The highest BCUT2D eigenvalue weighted by Gasteiger charge is 2.11. The summed E-state index contributed by atoms with van der Waals surface area (Å²) in [7, 11) is 0. The van der Waals surface area contributed by atoms with Crippen LogP contribution in [0.4, 0.5) is 5.69 Å². The van der Waals surface area contributed by atoms with Crippen LogP contribution in [0.25, 0.3) is 10.9 Å². The number of aromatic amines is 1. The van der Waals surface area contributed by atoms with Crippen molar-refractivity contribution >= 4 is 28.2 Å². The number of para-hydroxylation sites is 1. The maximum absolute atomic E-state index is 12.2. The van der Waals surface area contributed by atoms with Crippen LogP contribution in [0.15, 0.2) is 47.3 Å². The molecule has 0 fully saturated rings. The Labute approximate surface area is 144 Å². The third kappa shape index (κ3) is 3.36. The standard InChI is InChI=1S/C18H18ClN3O2/c1-3-24-16-9-8-12(10-14(16)19)20-11(2)17-21-15-7-5-4-6-13(15)18(23)22-17/h4-11,20H,3H2,1-2H3,(H,21,22,23). The van der Waals surface area contributed by atoms with Gasteiger partial charge in [-0.25, -0.2) is 4.98 Å². The fourth-order valence-corrected chi connectivity index (χ4v) is 2.73. The number of benzene rings is 2. The highest BCUT2D eigenvalue weighted by molar-refractivity contribution is 6.32. The molecule has 0 saturated carbocycles. The summed E-state index contributed by atoms with van der Waals surface area (Å²) in [5, 5.41) is 4.40. The Morgan fingerprint density at radius 3 is 2.83 bits per heavy atom. The van der Waals surface area contributed by atoms with Crippen LogP contribution in [0, 0.1) is 0 Å². The first kappa shape index (κ1) is 16.3. The summed E-state index contributed by atoms with van der Waals surface area (Å²) in [5.41, 5.74) is 1.36. The van der Waals surface area contributed by atoms with Crippen molar-refractivity contribution in [2.45, 2.75) is 19.9 Å². The molecule has 0 saturated heterocycles. The van der Waals surface area contributed by atoms with Gasteiger partial charge >= 0.3 is 0 Å². The number of fused-ring (bicyclic) bond motifs is 1. The molecule has 0 radical (unpaired) electrons. The van der Waals surface area contributed by atoms with Crippen LogP contribution in [-0.2, 0) is 0 Å². The van der Waals surface area contributed by atoms with Gasteiger partial charge in [0, 0.05) is 5.69 Å². The van der Waals surface area contributed by atoms with Crippen LogP contribution in [-0.4, -0.2) is 16.6 Å². The highest BCUT2D eigenvalue weighted by Crippen LogP contribution is 2.29. The quantitative estimate of drug-likeness (QED) is 0.730. The predicted molar refractivity (Wildman–Crippen MR) is 97.0 cm³/mol. The minimum absolute atomic E-state index is 0.144. The van der Waals surface area contributed by atoms with Crippen molar-refractivity contribution in [3.63, 3.8) is 0 Å². The normalized spacial score (nSPS) is 12.1. The van der Waals surface area contributed by atoms with Gasteiger partial charge in [0.05, 0.1) is 28.6 Å². The number of nitrogens with zero attached hydrogens (tertiary/aromatic N) is 1. The van der Waals surface area contributed by atoms with E-state index in [1.54, 1.807) is 12.1 Å². The number of aromatic nitrogens is 2. The Morgan fingerprint density at radius 2 is 2.08 bits per heavy atom. The molecule has 0 amide bonds. The molecule has 0 aliphatic heterocycles. The van der Waals surface area contributed by atoms with Crippen LogP contribution < -0.4 is 15.6 Å². The fraction of sp³-hybridized carbons (Fsp3) is 0.222. The van der Waals surface area contributed by atoms with Crippen molar-refractivity contribution in [2.24, 2.45) is 0 Å². The lowest BCUT2D eigenvalue weighted by Crippen LogP contribution is -2.17. The molecule has 0 aliphatic carbocycles. The van der Waals surface area contributed by atoms with Crippen LogP contribution in [0.1, 0.15) is 25.7 Å². The lowest BCUT2D eigenvalue weighted by atomic mass is 10.2. The van der Waals surface area contributed by atoms with E-state index in [-0.39, 0.29) is 11.6 Å². The molecule has 24 heavy (non-hydrogen) atoms. The molecule has 2 N–H and O–H groups in total. The zero-order chi connectivity index (χ0) is 17.1. The van der Waals surface area contributed by atoms with Gasteiger partial charge in [0.2, 0.25) is 0 Å². The van der Waals surface area contributed by atoms with Crippen LogP contribution in [0.5, 0.6) is 5.75 Å². The number of hydrogen-bond donors (Lipinski definition) is 2. The Hall–Kier alpha value is -2.53. The van der Waals surface area contributed by atoms with Crippen LogP contribution in [0.3, 0.4) is 0 Å². The van der Waals surface area contributed by atoms with Gasteiger partial charge in [-0.15, -0.1) is 0 Å². The van der Waals surface area contributed by atoms with Crippen molar-refractivity contribution in [3.05, 3.63) is 63.7 Å². The van der Waals surface area contributed by atoms with Crippen molar-refractivity contribution in [1.82, 2.24) is 9.97 Å². The number of rotatable bonds is 5. The summed E-state index contributed by atoms with van der Waals surface area (Å²) in [4.78, 5) is 19.5. The van der Waals surface area contributed by atoms with Gasteiger partial charge in [0.1, 0.15) is 11.6 Å². The van der Waals surface area contributed by atoms with Gasteiger partial charge in [-0.05, 0) is 44.2 Å². The molecule has 1 atom stereocenters. The Bertz CT molecular complexity index is 924. The third-order valence-corrected chi connectivity index (χ3v) is 3.95. The van der Waals surface area contributed by atoms with Crippen molar-refractivity contribution in [2.75, 3.05) is 11.9 Å². The molecule has 1 unspecified atom stereocenters. The summed E-state index contributed by atoms with van der Waals surface area (Å²) in [6.45, 7) is 4.40. The molecule has 0 bridgehead atoms. The lowest BCUT2D eigenvalue weighted by molar-refractivity contribution is 0.340. The van der Waals surface area contributed by atoms with E-state index in [1.807, 2.05) is 44.2 Å². The number of nitrogens with one attached hydrogen (secondary N) is 2. The zero-order valence-electron chi connectivity index (χ0n) is 13.5. The largest absolute Gasteiger partial charge is 0.492 e. The smallest absolute Gasteiger partial charge is 0.258 e. The van der Waals surface area contributed by atoms with E-state index < -0.39 is 0 Å². The van der Waals surface area contributed by atoms with Gasteiger partial charge in [-0.3, -0.25) is 4.79 Å². The van der Waals surface area contributed by atoms with Gasteiger partial charge in [0.25, 0.3) is 5.56 Å². The van der Waals surface area contributed by atoms with E-state index in [9.17, 15) is 4.79 Å². The molecule has 3 aromatic rings. The average Bonchev–Trinajstić information content (AvgIpc) is 2.57. The molecule has 0 aliphatic rings. The second kappa shape index (κ2) is 6.93. The first-order valence-electron chi connectivity index (χ1n) is 7.76. The van der Waals surface area contributed by atoms with Gasteiger partial charge in [-0.2, -0.15) is 0 Å². The number of anilines is 1. The summed E-state index contributed by atoms with van der Waals surface area (Å²) < 4.78 is 5.43. The molecule has 2 aromatic carbocycles. The molecule has 124 valence electrons. The lowest BCUT2D eigenvalue weighted by Gasteiger charge is -2.16. The van der Waals surface area contributed by atoms with Gasteiger partial charge < -0.3 is 15.0 Å². The summed E-state index contributed by atoms with van der Waals surface area (Å²) >= 11 is 6.20. The highest BCUT2D eigenvalue weighted by atomic mass is 35.5. The maximum Gasteiger partial charge on any atom is 0.258 e. The second-order valence-electron chi connectivity index (χ2n) is 5.41. The first-order chi connectivity index (χ1) is 11.6. The van der Waals surface area contributed by atoms with E-state index >= 15 is 0 Å². The van der Waals surface area contributed by atoms with E-state index in [0.717, 1.165) is 5.69 Å². The van der Waals surface area contributed by atoms with E-state index in [0.29, 0.717) is 34.1 Å². The first-order valence-corrected chi connectivity index (χ1v) is 8.14. The molecule has 1 heterocycles. The molecular weight excluding hydrogens is 326 g/mol. The molecular formula is C18H18ClN3O2. The second-order valence-corrected chi connectivity index (χ2v) is 5.82. The van der Waals surface area contributed by atoms with E-state index in [2.05, 4.69) is 15.3 Å². The molecule has 3 rings (SSSR count). The maximum atomic E-state index is 12.2. The molecule has 1 aromatic heterocycles. The summed E-state index contributed by atoms with van der Waals surface area (Å²) in [6.07, 6.45) is 0. The monoisotopic (exact) mass is 343 g/mol. The minimum Gasteiger partial charge on any atom is -0.492 e. The fourth-order valence-electron chi connectivity index (χ4n) is 2.49. The van der Waals surface area contributed by atoms with Crippen molar-refractivity contribution in [1.29, 1.82) is 0 Å². The Morgan fingerprint density at radius 1 is 1.29 bits per heavy atom. The van der Waals surface area contributed by atoms with Crippen LogP contribution >= 0.6 is 11.6 Å². The number of ether oxygens (including phenoxy) is 1. The Kier molecular flexibility index (Phi) is 4.71. The predicted octanol–water partition coefficient (Wildman–Crippen LogP) is 4.15. The van der Waals surface area contributed by atoms with E-state index in [1.165, 1.54) is 0 Å². The van der Waals surface area contributed by atoms with Crippen molar-refractivity contribution < 1.29 is 4.74 Å². The SMILES string of the molecule is CCOc1ccc(NC(C)c2nc3ccccc3c(=O)[nH]2)cc1Cl. The third-order valence-electron chi connectivity index (χ3n) is 3.66. The number of halogens is 1. The van der Waals surface area contributed by atoms with E-state index in [4.69, 9.17) is 16.3 Å². The zero-order valence-corrected chi connectivity index (χ0v) is 14.2.